The molecule has 2 aromatic rings. The smallest absolute Gasteiger partial charge is 0.255 e. The minimum atomic E-state index is -2.81. The van der Waals surface area contributed by atoms with Crippen molar-refractivity contribution >= 4 is 11.8 Å². The van der Waals surface area contributed by atoms with Gasteiger partial charge in [-0.15, -0.1) is 0 Å². The Kier molecular flexibility index (Phi) is 8.89. The van der Waals surface area contributed by atoms with E-state index in [1.165, 1.54) is 36.4 Å². The maximum absolute atomic E-state index is 13.5. The van der Waals surface area contributed by atoms with Crippen molar-refractivity contribution in [3.8, 4) is 5.75 Å². The van der Waals surface area contributed by atoms with Crippen LogP contribution in [0.4, 0.5) is 13.2 Å². The number of rotatable bonds is 10. The first kappa shape index (κ1) is 25.5. The Morgan fingerprint density at radius 3 is 2.38 bits per heavy atom. The molecule has 34 heavy (non-hydrogen) atoms. The number of hydrogen-bond acceptors (Lipinski definition) is 5. The van der Waals surface area contributed by atoms with Crippen LogP contribution in [-0.2, 0) is 22.6 Å². The SMILES string of the molecule is CN1CC(C(C(=O)NCc2ccc(F)cc2)N(CC(F)F)C(=O)CCc2ccc(O)cc2)CN1. The number of amides is 2. The lowest BCUT2D eigenvalue weighted by Crippen LogP contribution is -2.55. The fourth-order valence-corrected chi connectivity index (χ4v) is 4.05. The molecule has 2 aromatic carbocycles. The second-order valence-corrected chi connectivity index (χ2v) is 8.40. The maximum Gasteiger partial charge on any atom is 0.255 e. The van der Waals surface area contributed by atoms with Crippen LogP contribution in [0.15, 0.2) is 48.5 Å². The zero-order valence-corrected chi connectivity index (χ0v) is 18.9. The number of nitrogens with zero attached hydrogens (tertiary/aromatic N) is 2. The third kappa shape index (κ3) is 7.19. The van der Waals surface area contributed by atoms with Crippen LogP contribution in [0.5, 0.6) is 5.75 Å². The molecule has 2 amide bonds. The summed E-state index contributed by atoms with van der Waals surface area (Å²) in [6.07, 6.45) is -2.59. The number of hydrazine groups is 1. The predicted octanol–water partition coefficient (Wildman–Crippen LogP) is 2.31. The second kappa shape index (κ2) is 11.8. The van der Waals surface area contributed by atoms with Gasteiger partial charge in [-0.05, 0) is 41.8 Å². The first-order valence-electron chi connectivity index (χ1n) is 11.0. The summed E-state index contributed by atoms with van der Waals surface area (Å²) in [5.74, 6) is -1.80. The van der Waals surface area contributed by atoms with Crippen molar-refractivity contribution in [1.29, 1.82) is 0 Å². The second-order valence-electron chi connectivity index (χ2n) is 8.40. The maximum atomic E-state index is 13.5. The first-order valence-corrected chi connectivity index (χ1v) is 11.0. The van der Waals surface area contributed by atoms with Gasteiger partial charge in [0, 0.05) is 39.0 Å². The minimum Gasteiger partial charge on any atom is -0.508 e. The van der Waals surface area contributed by atoms with E-state index in [0.717, 1.165) is 10.5 Å². The Bertz CT molecular complexity index is 957. The van der Waals surface area contributed by atoms with Gasteiger partial charge in [0.1, 0.15) is 17.6 Å². The first-order chi connectivity index (χ1) is 16.2. The monoisotopic (exact) mass is 478 g/mol. The number of phenols is 1. The van der Waals surface area contributed by atoms with Crippen molar-refractivity contribution in [2.75, 3.05) is 26.7 Å². The van der Waals surface area contributed by atoms with E-state index < -0.39 is 42.6 Å². The highest BCUT2D eigenvalue weighted by molar-refractivity contribution is 5.88. The van der Waals surface area contributed by atoms with E-state index in [9.17, 15) is 27.9 Å². The van der Waals surface area contributed by atoms with E-state index >= 15 is 0 Å². The molecule has 1 fully saturated rings. The van der Waals surface area contributed by atoms with E-state index in [2.05, 4.69) is 10.7 Å². The molecule has 3 rings (SSSR count). The molecule has 0 saturated carbocycles. The molecular formula is C24H29F3N4O3. The van der Waals surface area contributed by atoms with Gasteiger partial charge < -0.3 is 15.3 Å². The van der Waals surface area contributed by atoms with Crippen LogP contribution in [0, 0.1) is 11.7 Å². The van der Waals surface area contributed by atoms with E-state index in [0.29, 0.717) is 18.7 Å². The number of phenolic OH excluding ortho intramolecular Hbond substituents is 1. The molecular weight excluding hydrogens is 449 g/mol. The number of hydrogen-bond donors (Lipinski definition) is 3. The Balaban J connectivity index is 1.76. The summed E-state index contributed by atoms with van der Waals surface area (Å²) in [6.45, 7) is -0.0190. The number of carbonyl (C=O) groups is 2. The molecule has 0 radical (unpaired) electrons. The fourth-order valence-electron chi connectivity index (χ4n) is 4.05. The number of aryl methyl sites for hydroxylation is 1. The average molecular weight is 479 g/mol. The molecule has 2 unspecified atom stereocenters. The van der Waals surface area contributed by atoms with Crippen LogP contribution in [0.25, 0.3) is 0 Å². The molecule has 0 spiro atoms. The van der Waals surface area contributed by atoms with Crippen LogP contribution >= 0.6 is 0 Å². The van der Waals surface area contributed by atoms with Crippen LogP contribution in [0.3, 0.4) is 0 Å². The molecule has 3 N–H and O–H groups in total. The molecule has 7 nitrogen and oxygen atoms in total. The molecule has 1 aliphatic rings. The summed E-state index contributed by atoms with van der Waals surface area (Å²) < 4.78 is 40.2. The molecule has 10 heteroatoms. The van der Waals surface area contributed by atoms with Crippen molar-refractivity contribution in [2.24, 2.45) is 5.92 Å². The highest BCUT2D eigenvalue weighted by atomic mass is 19.3. The normalized spacial score (nSPS) is 17.0. The van der Waals surface area contributed by atoms with Crippen molar-refractivity contribution in [1.82, 2.24) is 20.7 Å². The summed E-state index contributed by atoms with van der Waals surface area (Å²) in [4.78, 5) is 27.3. The molecule has 1 saturated heterocycles. The van der Waals surface area contributed by atoms with Gasteiger partial charge >= 0.3 is 0 Å². The zero-order valence-electron chi connectivity index (χ0n) is 18.9. The Morgan fingerprint density at radius 1 is 1.15 bits per heavy atom. The van der Waals surface area contributed by atoms with E-state index in [1.54, 1.807) is 24.2 Å². The Labute approximate surface area is 196 Å². The number of halogens is 3. The third-order valence-electron chi connectivity index (χ3n) is 5.78. The Morgan fingerprint density at radius 2 is 1.79 bits per heavy atom. The molecule has 1 aliphatic heterocycles. The molecule has 0 aliphatic carbocycles. The lowest BCUT2D eigenvalue weighted by atomic mass is 9.96. The minimum absolute atomic E-state index is 0.0603. The van der Waals surface area contributed by atoms with Crippen molar-refractivity contribution in [3.05, 3.63) is 65.5 Å². The van der Waals surface area contributed by atoms with Crippen LogP contribution in [0.1, 0.15) is 17.5 Å². The van der Waals surface area contributed by atoms with Crippen LogP contribution in [0.2, 0.25) is 0 Å². The van der Waals surface area contributed by atoms with E-state index in [-0.39, 0.29) is 25.1 Å². The van der Waals surface area contributed by atoms with E-state index in [4.69, 9.17) is 0 Å². The number of benzene rings is 2. The van der Waals surface area contributed by atoms with Crippen LogP contribution < -0.4 is 10.7 Å². The quantitative estimate of drug-likeness (QED) is 0.488. The van der Waals surface area contributed by atoms with E-state index in [1.807, 2.05) is 0 Å². The molecule has 1 heterocycles. The number of alkyl halides is 2. The third-order valence-corrected chi connectivity index (χ3v) is 5.78. The molecule has 184 valence electrons. The predicted molar refractivity (Wildman–Crippen MR) is 120 cm³/mol. The summed E-state index contributed by atoms with van der Waals surface area (Å²) in [7, 11) is 1.78. The van der Waals surface area contributed by atoms with Gasteiger partial charge in [0.15, 0.2) is 0 Å². The molecule has 2 atom stereocenters. The number of carbonyl (C=O) groups excluding carboxylic acids is 2. The summed E-state index contributed by atoms with van der Waals surface area (Å²) in [5, 5.41) is 13.9. The van der Waals surface area contributed by atoms with Gasteiger partial charge in [0.25, 0.3) is 6.43 Å². The fraction of sp³-hybridized carbons (Fsp3) is 0.417. The van der Waals surface area contributed by atoms with Gasteiger partial charge in [0.05, 0.1) is 6.54 Å². The van der Waals surface area contributed by atoms with Crippen LogP contribution in [-0.4, -0.2) is 66.0 Å². The molecule has 0 aromatic heterocycles. The van der Waals surface area contributed by atoms with Gasteiger partial charge in [-0.3, -0.25) is 15.0 Å². The number of aromatic hydroxyl groups is 1. The summed E-state index contributed by atoms with van der Waals surface area (Å²) >= 11 is 0. The highest BCUT2D eigenvalue weighted by Crippen LogP contribution is 2.21. The molecule has 0 bridgehead atoms. The summed E-state index contributed by atoms with van der Waals surface area (Å²) in [6, 6.07) is 10.8. The van der Waals surface area contributed by atoms with Gasteiger partial charge in [0.2, 0.25) is 11.8 Å². The standard InChI is InChI=1S/C24H29F3N4O3/c1-30-14-18(13-29-30)23(24(34)28-12-17-2-7-19(25)8-3-17)31(15-21(26)27)22(33)11-6-16-4-9-20(32)10-5-16/h2-5,7-10,18,21,23,29,32H,6,11-15H2,1H3,(H,28,34). The van der Waals surface area contributed by atoms with Crippen molar-refractivity contribution in [3.63, 3.8) is 0 Å². The van der Waals surface area contributed by atoms with Crippen molar-refractivity contribution in [2.45, 2.75) is 31.9 Å². The van der Waals surface area contributed by atoms with Crippen molar-refractivity contribution < 1.29 is 27.9 Å². The largest absolute Gasteiger partial charge is 0.508 e. The lowest BCUT2D eigenvalue weighted by Gasteiger charge is -2.34. The van der Waals surface area contributed by atoms with Gasteiger partial charge in [-0.1, -0.05) is 24.3 Å². The topological polar surface area (TPSA) is 84.9 Å². The summed E-state index contributed by atoms with van der Waals surface area (Å²) in [5.41, 5.74) is 4.47. The zero-order chi connectivity index (χ0) is 24.7. The van der Waals surface area contributed by atoms with Gasteiger partial charge in [-0.25, -0.2) is 18.2 Å². The van der Waals surface area contributed by atoms with Gasteiger partial charge in [-0.2, -0.15) is 0 Å². The number of nitrogens with one attached hydrogen (secondary N) is 2. The lowest BCUT2D eigenvalue weighted by molar-refractivity contribution is -0.144. The Hall–Kier alpha value is -3.11. The average Bonchev–Trinajstić information content (AvgIpc) is 3.23. The highest BCUT2D eigenvalue weighted by Gasteiger charge is 2.40.